The van der Waals surface area contributed by atoms with Crippen molar-refractivity contribution in [3.8, 4) is 5.69 Å². The van der Waals surface area contributed by atoms with Gasteiger partial charge in [0, 0.05) is 23.0 Å². The number of para-hydroxylation sites is 2. The highest BCUT2D eigenvalue weighted by Gasteiger charge is 2.40. The molecule has 0 bridgehead atoms. The van der Waals surface area contributed by atoms with E-state index in [1.54, 1.807) is 0 Å². The normalized spacial score (nSPS) is 18.6. The summed E-state index contributed by atoms with van der Waals surface area (Å²) in [6, 6.07) is 16.8. The quantitative estimate of drug-likeness (QED) is 0.427. The van der Waals surface area contributed by atoms with Gasteiger partial charge in [-0.05, 0) is 54.7 Å². The van der Waals surface area contributed by atoms with E-state index in [1.165, 1.54) is 27.7 Å². The van der Waals surface area contributed by atoms with Crippen LogP contribution in [0.15, 0.2) is 48.5 Å². The van der Waals surface area contributed by atoms with Crippen molar-refractivity contribution in [2.75, 3.05) is 6.61 Å². The lowest BCUT2D eigenvalue weighted by molar-refractivity contribution is -0.0672. The summed E-state index contributed by atoms with van der Waals surface area (Å²) in [6.07, 6.45) is 3.43. The molecule has 1 aliphatic heterocycles. The van der Waals surface area contributed by atoms with Crippen LogP contribution in [-0.4, -0.2) is 26.4 Å². The van der Waals surface area contributed by atoms with Crippen LogP contribution in [0.5, 0.6) is 0 Å². The van der Waals surface area contributed by atoms with E-state index in [-0.39, 0.29) is 0 Å². The predicted molar refractivity (Wildman–Crippen MR) is 122 cm³/mol. The van der Waals surface area contributed by atoms with Gasteiger partial charge in [-0.2, -0.15) is 5.10 Å². The number of ether oxygens (including phenoxy) is 1. The third-order valence-corrected chi connectivity index (χ3v) is 6.64. The zero-order valence-electron chi connectivity index (χ0n) is 17.4. The maximum Gasteiger partial charge on any atom is 0.199 e. The van der Waals surface area contributed by atoms with Crippen molar-refractivity contribution in [1.82, 2.24) is 19.7 Å². The molecule has 0 amide bonds. The largest absolute Gasteiger partial charge is 0.368 e. The summed E-state index contributed by atoms with van der Waals surface area (Å²) in [5.74, 6) is 0.885. The van der Waals surface area contributed by atoms with Gasteiger partial charge in [-0.3, -0.25) is 9.67 Å². The van der Waals surface area contributed by atoms with Crippen molar-refractivity contribution in [3.05, 3.63) is 75.9 Å². The molecule has 3 heterocycles. The Bertz CT molecular complexity index is 1250. The zero-order chi connectivity index (χ0) is 20.7. The van der Waals surface area contributed by atoms with Crippen molar-refractivity contribution in [2.24, 2.45) is 0 Å². The summed E-state index contributed by atoms with van der Waals surface area (Å²) in [7, 11) is 0. The van der Waals surface area contributed by atoms with Crippen LogP contribution in [0.3, 0.4) is 0 Å². The minimum absolute atomic E-state index is 0.453. The van der Waals surface area contributed by atoms with Crippen LogP contribution in [0.2, 0.25) is 0 Å². The number of nitrogens with one attached hydrogen (secondary N) is 2. The van der Waals surface area contributed by atoms with Gasteiger partial charge in [0.15, 0.2) is 4.77 Å². The number of fused-ring (bicyclic) bond motifs is 3. The number of aromatic amines is 2. The van der Waals surface area contributed by atoms with Crippen LogP contribution in [0.25, 0.3) is 16.6 Å². The molecule has 2 aromatic heterocycles. The highest BCUT2D eigenvalue weighted by molar-refractivity contribution is 7.71. The number of benzene rings is 2. The third-order valence-electron chi connectivity index (χ3n) is 6.37. The van der Waals surface area contributed by atoms with Crippen LogP contribution in [0.1, 0.15) is 42.9 Å². The first-order valence-corrected chi connectivity index (χ1v) is 11.1. The van der Waals surface area contributed by atoms with E-state index in [0.717, 1.165) is 30.8 Å². The Hall–Kier alpha value is -2.70. The summed E-state index contributed by atoms with van der Waals surface area (Å²) < 4.78 is 9.13. The minimum atomic E-state index is -0.453. The number of H-pyrrole nitrogens is 2. The molecule has 2 N–H and O–H groups in total. The van der Waals surface area contributed by atoms with Crippen LogP contribution in [-0.2, 0) is 29.6 Å². The zero-order valence-corrected chi connectivity index (χ0v) is 18.2. The van der Waals surface area contributed by atoms with Crippen LogP contribution >= 0.6 is 12.2 Å². The Morgan fingerprint density at radius 3 is 2.73 bits per heavy atom. The highest BCUT2D eigenvalue weighted by atomic mass is 32.1. The van der Waals surface area contributed by atoms with Gasteiger partial charge in [-0.15, -0.1) is 0 Å². The predicted octanol–water partition coefficient (Wildman–Crippen LogP) is 5.39. The fraction of sp³-hybridized carbons (Fsp3) is 0.333. The van der Waals surface area contributed by atoms with Gasteiger partial charge in [0.1, 0.15) is 11.4 Å². The van der Waals surface area contributed by atoms with E-state index in [9.17, 15) is 0 Å². The van der Waals surface area contributed by atoms with E-state index in [4.69, 9.17) is 17.0 Å². The SMILES string of the molecule is CCc1cccc2c3c([nH]c12)C(CC)(Cc1n[nH]c(=S)n1-c1ccccc1)OCC3. The van der Waals surface area contributed by atoms with Crippen molar-refractivity contribution >= 4 is 23.1 Å². The smallest absolute Gasteiger partial charge is 0.199 e. The Labute approximate surface area is 181 Å². The number of hydrogen-bond acceptors (Lipinski definition) is 3. The molecule has 1 unspecified atom stereocenters. The molecule has 4 aromatic rings. The topological polar surface area (TPSA) is 58.6 Å². The van der Waals surface area contributed by atoms with Crippen LogP contribution in [0.4, 0.5) is 0 Å². The second-order valence-corrected chi connectivity index (χ2v) is 8.30. The van der Waals surface area contributed by atoms with Gasteiger partial charge < -0.3 is 9.72 Å². The molecular formula is C24H26N4OS. The first kappa shape index (κ1) is 19.3. The highest BCUT2D eigenvalue weighted by Crippen LogP contribution is 2.42. The summed E-state index contributed by atoms with van der Waals surface area (Å²) in [6.45, 7) is 5.10. The molecule has 0 aliphatic carbocycles. The van der Waals surface area contributed by atoms with Gasteiger partial charge in [0.2, 0.25) is 0 Å². The Balaban J connectivity index is 1.65. The van der Waals surface area contributed by atoms with Gasteiger partial charge in [-0.1, -0.05) is 50.2 Å². The molecule has 30 heavy (non-hydrogen) atoms. The minimum Gasteiger partial charge on any atom is -0.368 e. The van der Waals surface area contributed by atoms with Crippen LogP contribution < -0.4 is 0 Å². The Morgan fingerprint density at radius 1 is 1.13 bits per heavy atom. The average molecular weight is 419 g/mol. The lowest BCUT2D eigenvalue weighted by atomic mass is 9.86. The molecule has 0 fully saturated rings. The molecule has 0 saturated heterocycles. The molecule has 0 radical (unpaired) electrons. The number of hydrogen-bond donors (Lipinski definition) is 2. The number of aryl methyl sites for hydroxylation is 1. The molecule has 6 heteroatoms. The molecule has 0 saturated carbocycles. The first-order valence-electron chi connectivity index (χ1n) is 10.7. The van der Waals surface area contributed by atoms with E-state index in [2.05, 4.69) is 59.4 Å². The average Bonchev–Trinajstić information content (AvgIpc) is 3.35. The van der Waals surface area contributed by atoms with Gasteiger partial charge in [-0.25, -0.2) is 0 Å². The number of nitrogens with zero attached hydrogens (tertiary/aromatic N) is 2. The first-order chi connectivity index (χ1) is 14.7. The van der Waals surface area contributed by atoms with Crippen LogP contribution in [0, 0.1) is 4.77 Å². The summed E-state index contributed by atoms with van der Waals surface area (Å²) >= 11 is 5.55. The molecule has 154 valence electrons. The number of rotatable bonds is 5. The fourth-order valence-corrected chi connectivity index (χ4v) is 5.04. The summed E-state index contributed by atoms with van der Waals surface area (Å²) in [5.41, 5.74) is 5.73. The molecule has 1 atom stereocenters. The van der Waals surface area contributed by atoms with Gasteiger partial charge >= 0.3 is 0 Å². The summed E-state index contributed by atoms with van der Waals surface area (Å²) in [5, 5.41) is 8.90. The standard InChI is InChI=1S/C24H26N4OS/c1-3-16-9-8-12-18-19-13-14-29-24(4-2,22(19)25-21(16)18)15-20-26-27-23(30)28(20)17-10-6-5-7-11-17/h5-12,25H,3-4,13-15H2,1-2H3,(H,27,30). The summed E-state index contributed by atoms with van der Waals surface area (Å²) in [4.78, 5) is 3.77. The van der Waals surface area contributed by atoms with E-state index >= 15 is 0 Å². The second kappa shape index (κ2) is 7.52. The molecule has 2 aromatic carbocycles. The fourth-order valence-electron chi connectivity index (χ4n) is 4.79. The van der Waals surface area contributed by atoms with Crippen molar-refractivity contribution in [3.63, 3.8) is 0 Å². The monoisotopic (exact) mass is 418 g/mol. The molecule has 0 spiro atoms. The lowest BCUT2D eigenvalue weighted by Crippen LogP contribution is -2.38. The molecule has 5 rings (SSSR count). The maximum atomic E-state index is 6.52. The van der Waals surface area contributed by atoms with Crippen molar-refractivity contribution in [1.29, 1.82) is 0 Å². The number of aromatic nitrogens is 4. The Kier molecular flexibility index (Phi) is 4.83. The molecule has 5 nitrogen and oxygen atoms in total. The molecular weight excluding hydrogens is 392 g/mol. The van der Waals surface area contributed by atoms with E-state index in [1.807, 2.05) is 22.8 Å². The van der Waals surface area contributed by atoms with E-state index < -0.39 is 5.60 Å². The molecule has 1 aliphatic rings. The Morgan fingerprint density at radius 2 is 1.97 bits per heavy atom. The maximum absolute atomic E-state index is 6.52. The third kappa shape index (κ3) is 2.94. The van der Waals surface area contributed by atoms with Gasteiger partial charge in [0.25, 0.3) is 0 Å². The van der Waals surface area contributed by atoms with Gasteiger partial charge in [0.05, 0.1) is 12.3 Å². The van der Waals surface area contributed by atoms with Crippen molar-refractivity contribution < 1.29 is 4.74 Å². The van der Waals surface area contributed by atoms with E-state index in [0.29, 0.717) is 17.8 Å². The lowest BCUT2D eigenvalue weighted by Gasteiger charge is -2.36. The second-order valence-electron chi connectivity index (χ2n) is 7.91. The van der Waals surface area contributed by atoms with Crippen molar-refractivity contribution in [2.45, 2.75) is 45.1 Å².